The summed E-state index contributed by atoms with van der Waals surface area (Å²) in [7, 11) is 0. The van der Waals surface area contributed by atoms with Gasteiger partial charge in [0, 0.05) is 24.3 Å². The Kier molecular flexibility index (Phi) is 3.98. The summed E-state index contributed by atoms with van der Waals surface area (Å²) in [4.78, 5) is 17.1. The third-order valence-corrected chi connectivity index (χ3v) is 5.44. The molecule has 0 N–H and O–H groups in total. The van der Waals surface area contributed by atoms with Crippen LogP contribution in [0.15, 0.2) is 0 Å². The van der Waals surface area contributed by atoms with Crippen molar-refractivity contribution in [3.05, 3.63) is 0 Å². The number of amides is 1. The van der Waals surface area contributed by atoms with Gasteiger partial charge in [-0.2, -0.15) is 0 Å². The Morgan fingerprint density at radius 3 is 2.72 bits per heavy atom. The van der Waals surface area contributed by atoms with Gasteiger partial charge in [0.25, 0.3) is 0 Å². The van der Waals surface area contributed by atoms with E-state index in [0.29, 0.717) is 12.3 Å². The first kappa shape index (κ1) is 14.2. The van der Waals surface area contributed by atoms with Crippen molar-refractivity contribution in [2.45, 2.75) is 57.4 Å². The van der Waals surface area contributed by atoms with Crippen LogP contribution in [-0.2, 0) is 4.79 Å². The Hall–Kier alpha value is -0.220. The average molecular weight is 270 g/mol. The minimum absolute atomic E-state index is 0.0296. The fourth-order valence-corrected chi connectivity index (χ4v) is 5.10. The van der Waals surface area contributed by atoms with Gasteiger partial charge in [-0.25, -0.2) is 0 Å². The molecule has 2 heterocycles. The zero-order valence-corrected chi connectivity index (χ0v) is 13.0. The van der Waals surface area contributed by atoms with Crippen LogP contribution in [0.1, 0.15) is 47.0 Å². The largest absolute Gasteiger partial charge is 0.322 e. The van der Waals surface area contributed by atoms with Crippen molar-refractivity contribution in [2.75, 3.05) is 25.4 Å². The zero-order chi connectivity index (χ0) is 13.4. The van der Waals surface area contributed by atoms with Crippen molar-refractivity contribution in [1.82, 2.24) is 9.80 Å². The molecule has 0 aromatic heterocycles. The third-order valence-electron chi connectivity index (χ3n) is 3.97. The second-order valence-electron chi connectivity index (χ2n) is 6.42. The molecule has 2 rings (SSSR count). The summed E-state index contributed by atoms with van der Waals surface area (Å²) in [5.41, 5.74) is -0.0682. The van der Waals surface area contributed by atoms with E-state index in [0.717, 1.165) is 25.3 Å². The summed E-state index contributed by atoms with van der Waals surface area (Å²) >= 11 is 2.01. The Bertz CT molecular complexity index is 322. The van der Waals surface area contributed by atoms with Crippen molar-refractivity contribution in [2.24, 2.45) is 0 Å². The standard InChI is InChI=1S/C14H26N2OS/c1-5-15-9-6-8-14(11-15)16(13(2,3)4)12(17)7-10-18-14/h5-11H2,1-4H3. The van der Waals surface area contributed by atoms with Gasteiger partial charge in [-0.05, 0) is 46.7 Å². The van der Waals surface area contributed by atoms with Crippen LogP contribution in [0.4, 0.5) is 0 Å². The van der Waals surface area contributed by atoms with Crippen LogP contribution in [0.5, 0.6) is 0 Å². The molecule has 2 saturated heterocycles. The summed E-state index contributed by atoms with van der Waals surface area (Å²) in [6.45, 7) is 12.0. The van der Waals surface area contributed by atoms with Crippen LogP contribution in [0.2, 0.25) is 0 Å². The molecule has 2 fully saturated rings. The lowest BCUT2D eigenvalue weighted by Crippen LogP contribution is -2.65. The predicted molar refractivity (Wildman–Crippen MR) is 77.8 cm³/mol. The van der Waals surface area contributed by atoms with E-state index in [1.807, 2.05) is 11.8 Å². The zero-order valence-electron chi connectivity index (χ0n) is 12.2. The number of nitrogens with zero attached hydrogens (tertiary/aromatic N) is 2. The lowest BCUT2D eigenvalue weighted by atomic mass is 9.95. The van der Waals surface area contributed by atoms with Gasteiger partial charge in [-0.1, -0.05) is 6.92 Å². The molecule has 2 aliphatic heterocycles. The highest BCUT2D eigenvalue weighted by Gasteiger charge is 2.49. The fourth-order valence-electron chi connectivity index (χ4n) is 3.37. The van der Waals surface area contributed by atoms with Gasteiger partial charge in [-0.15, -0.1) is 11.8 Å². The molecule has 2 aliphatic rings. The van der Waals surface area contributed by atoms with E-state index in [1.54, 1.807) is 0 Å². The number of likely N-dealkylation sites (tertiary alicyclic amines) is 1. The Balaban J connectivity index is 2.29. The molecule has 0 aromatic rings. The van der Waals surface area contributed by atoms with Crippen molar-refractivity contribution >= 4 is 17.7 Å². The van der Waals surface area contributed by atoms with E-state index in [-0.39, 0.29) is 10.4 Å². The fraction of sp³-hybridized carbons (Fsp3) is 0.929. The maximum Gasteiger partial charge on any atom is 0.224 e. The molecule has 0 aliphatic carbocycles. The van der Waals surface area contributed by atoms with Crippen LogP contribution in [-0.4, -0.2) is 51.5 Å². The third kappa shape index (κ3) is 2.55. The van der Waals surface area contributed by atoms with E-state index < -0.39 is 0 Å². The highest BCUT2D eigenvalue weighted by Crippen LogP contribution is 2.45. The molecule has 0 aromatic carbocycles. The van der Waals surface area contributed by atoms with E-state index >= 15 is 0 Å². The predicted octanol–water partition coefficient (Wildman–Crippen LogP) is 2.56. The summed E-state index contributed by atoms with van der Waals surface area (Å²) in [5.74, 6) is 1.34. The molecular formula is C14H26N2OS. The van der Waals surface area contributed by atoms with Crippen molar-refractivity contribution in [3.63, 3.8) is 0 Å². The minimum Gasteiger partial charge on any atom is -0.322 e. The SMILES string of the molecule is CCN1CCCC2(C1)SCCC(=O)N2C(C)(C)C. The van der Waals surface area contributed by atoms with Crippen LogP contribution < -0.4 is 0 Å². The highest BCUT2D eigenvalue weighted by molar-refractivity contribution is 8.00. The van der Waals surface area contributed by atoms with Crippen molar-refractivity contribution in [1.29, 1.82) is 0 Å². The Labute approximate surface area is 115 Å². The molecule has 3 nitrogen and oxygen atoms in total. The number of piperidine rings is 1. The van der Waals surface area contributed by atoms with Gasteiger partial charge in [0.2, 0.25) is 5.91 Å². The molecule has 0 radical (unpaired) electrons. The summed E-state index contributed by atoms with van der Waals surface area (Å²) in [6, 6.07) is 0. The van der Waals surface area contributed by atoms with Crippen molar-refractivity contribution in [3.8, 4) is 0 Å². The van der Waals surface area contributed by atoms with Crippen LogP contribution in [0, 0.1) is 0 Å². The lowest BCUT2D eigenvalue weighted by Gasteiger charge is -2.56. The number of rotatable bonds is 1. The molecule has 0 saturated carbocycles. The van der Waals surface area contributed by atoms with Crippen LogP contribution in [0.25, 0.3) is 0 Å². The molecule has 1 unspecified atom stereocenters. The monoisotopic (exact) mass is 270 g/mol. The highest BCUT2D eigenvalue weighted by atomic mass is 32.2. The Morgan fingerprint density at radius 2 is 2.11 bits per heavy atom. The summed E-state index contributed by atoms with van der Waals surface area (Å²) in [6.07, 6.45) is 3.06. The first-order valence-corrected chi connectivity index (χ1v) is 8.07. The van der Waals surface area contributed by atoms with Crippen LogP contribution in [0.3, 0.4) is 0 Å². The number of likely N-dealkylation sites (N-methyl/N-ethyl adjacent to an activating group) is 1. The smallest absolute Gasteiger partial charge is 0.224 e. The minimum atomic E-state index is -0.0682. The molecular weight excluding hydrogens is 244 g/mol. The quantitative estimate of drug-likeness (QED) is 0.731. The number of hydrogen-bond acceptors (Lipinski definition) is 3. The second kappa shape index (κ2) is 5.04. The molecule has 1 atom stereocenters. The van der Waals surface area contributed by atoms with Crippen molar-refractivity contribution < 1.29 is 4.79 Å². The van der Waals surface area contributed by atoms with Gasteiger partial charge < -0.3 is 9.80 Å². The van der Waals surface area contributed by atoms with Gasteiger partial charge in [-0.3, -0.25) is 4.79 Å². The van der Waals surface area contributed by atoms with E-state index in [1.165, 1.54) is 13.0 Å². The molecule has 0 bridgehead atoms. The van der Waals surface area contributed by atoms with Gasteiger partial charge in [0.1, 0.15) is 4.87 Å². The number of carbonyl (C=O) groups excluding carboxylic acids is 1. The summed E-state index contributed by atoms with van der Waals surface area (Å²) in [5, 5.41) is 0. The maximum absolute atomic E-state index is 12.4. The molecule has 4 heteroatoms. The topological polar surface area (TPSA) is 23.6 Å². The Morgan fingerprint density at radius 1 is 1.39 bits per heavy atom. The van der Waals surface area contributed by atoms with E-state index in [4.69, 9.17) is 0 Å². The first-order valence-electron chi connectivity index (χ1n) is 7.08. The van der Waals surface area contributed by atoms with Gasteiger partial charge in [0.15, 0.2) is 0 Å². The number of carbonyl (C=O) groups is 1. The van der Waals surface area contributed by atoms with E-state index in [9.17, 15) is 4.79 Å². The van der Waals surface area contributed by atoms with Crippen LogP contribution >= 0.6 is 11.8 Å². The maximum atomic E-state index is 12.4. The summed E-state index contributed by atoms with van der Waals surface area (Å²) < 4.78 is 0. The van der Waals surface area contributed by atoms with Gasteiger partial charge in [0.05, 0.1) is 0 Å². The molecule has 104 valence electrons. The number of thioether (sulfide) groups is 1. The van der Waals surface area contributed by atoms with E-state index in [2.05, 4.69) is 37.5 Å². The molecule has 1 amide bonds. The molecule has 18 heavy (non-hydrogen) atoms. The number of hydrogen-bond donors (Lipinski definition) is 0. The average Bonchev–Trinajstić information content (AvgIpc) is 2.27. The second-order valence-corrected chi connectivity index (χ2v) is 7.87. The molecule has 1 spiro atoms. The normalized spacial score (nSPS) is 31.1. The first-order chi connectivity index (χ1) is 8.39. The lowest BCUT2D eigenvalue weighted by molar-refractivity contribution is -0.143. The van der Waals surface area contributed by atoms with Gasteiger partial charge >= 0.3 is 0 Å².